The molecule has 0 aliphatic carbocycles. The summed E-state index contributed by atoms with van der Waals surface area (Å²) in [4.78, 5) is 0. The van der Waals surface area contributed by atoms with Crippen molar-refractivity contribution in [3.8, 4) is 11.1 Å². The highest BCUT2D eigenvalue weighted by molar-refractivity contribution is 6.25. The topological polar surface area (TPSA) is 0 Å². The number of unbranched alkanes of at least 4 members (excludes halogenated alkanes) is 5. The smallest absolute Gasteiger partial charge is 0.131 e. The number of halogens is 3. The third-order valence-corrected chi connectivity index (χ3v) is 5.06. The first-order valence-electron chi connectivity index (χ1n) is 9.98. The van der Waals surface area contributed by atoms with E-state index in [0.29, 0.717) is 29.5 Å². The minimum Gasteiger partial charge on any atom is -0.207 e. The highest BCUT2D eigenvalue weighted by atomic mass is 35.5. The summed E-state index contributed by atoms with van der Waals surface area (Å²) in [6.07, 6.45) is 11.3. The second-order valence-corrected chi connectivity index (χ2v) is 7.29. The third kappa shape index (κ3) is 7.10. The van der Waals surface area contributed by atoms with Crippen molar-refractivity contribution in [2.24, 2.45) is 0 Å². The van der Waals surface area contributed by atoms with E-state index in [1.165, 1.54) is 43.7 Å². The Bertz CT molecular complexity index is 737. The summed E-state index contributed by atoms with van der Waals surface area (Å²) in [5.41, 5.74) is 4.10. The molecule has 2 aromatic carbocycles. The molecule has 0 aliphatic heterocycles. The molecule has 2 aromatic rings. The van der Waals surface area contributed by atoms with Crippen molar-refractivity contribution < 1.29 is 8.78 Å². The van der Waals surface area contributed by atoms with Crippen LogP contribution in [-0.2, 0) is 12.8 Å². The zero-order valence-corrected chi connectivity index (χ0v) is 16.9. The lowest BCUT2D eigenvalue weighted by Crippen LogP contribution is -1.94. The molecular weight excluding hydrogens is 362 g/mol. The molecule has 27 heavy (non-hydrogen) atoms. The first kappa shape index (κ1) is 21.6. The normalized spacial score (nSPS) is 11.4. The van der Waals surface area contributed by atoms with Crippen LogP contribution in [-0.4, -0.2) is 0 Å². The van der Waals surface area contributed by atoms with E-state index >= 15 is 0 Å². The molecule has 0 bridgehead atoms. The van der Waals surface area contributed by atoms with E-state index in [1.54, 1.807) is 30.3 Å². The number of hydrogen-bond acceptors (Lipinski definition) is 0. The molecule has 0 N–H and O–H groups in total. The van der Waals surface area contributed by atoms with Gasteiger partial charge in [0, 0.05) is 11.1 Å². The van der Waals surface area contributed by atoms with E-state index in [2.05, 4.69) is 6.92 Å². The van der Waals surface area contributed by atoms with Crippen molar-refractivity contribution in [1.29, 1.82) is 0 Å². The largest absolute Gasteiger partial charge is 0.207 e. The fourth-order valence-electron chi connectivity index (χ4n) is 3.28. The molecule has 0 unspecified atom stereocenters. The quantitative estimate of drug-likeness (QED) is 0.339. The number of aryl methyl sites for hydroxylation is 2. The molecule has 0 spiro atoms. The van der Waals surface area contributed by atoms with Crippen molar-refractivity contribution in [3.63, 3.8) is 0 Å². The molecule has 2 rings (SSSR count). The van der Waals surface area contributed by atoms with Crippen molar-refractivity contribution >= 4 is 11.6 Å². The van der Waals surface area contributed by atoms with E-state index < -0.39 is 0 Å². The average molecular weight is 391 g/mol. The van der Waals surface area contributed by atoms with Crippen LogP contribution < -0.4 is 0 Å². The lowest BCUT2D eigenvalue weighted by Gasteiger charge is -2.09. The van der Waals surface area contributed by atoms with Gasteiger partial charge in [-0.2, -0.15) is 0 Å². The monoisotopic (exact) mass is 390 g/mol. The Morgan fingerprint density at radius 1 is 0.852 bits per heavy atom. The highest BCUT2D eigenvalue weighted by Gasteiger charge is 2.09. The standard InChI is InChI=1S/C24H29ClF2/c1-2-3-4-5-6-7-10-19-12-15-22(24(27)17-19)21-14-13-20(23(26)18-21)11-8-9-16-25/h9,12-18H,2-8,10-11H2,1H3/b16-9+. The van der Waals surface area contributed by atoms with E-state index in [0.717, 1.165) is 18.4 Å². The van der Waals surface area contributed by atoms with Crippen LogP contribution in [0.25, 0.3) is 11.1 Å². The Kier molecular flexibility index (Phi) is 9.55. The molecule has 0 atom stereocenters. The van der Waals surface area contributed by atoms with Crippen LogP contribution in [0.15, 0.2) is 48.0 Å². The second kappa shape index (κ2) is 11.9. The van der Waals surface area contributed by atoms with Gasteiger partial charge in [-0.1, -0.05) is 81.0 Å². The number of benzene rings is 2. The zero-order chi connectivity index (χ0) is 19.5. The van der Waals surface area contributed by atoms with Crippen molar-refractivity contribution in [1.82, 2.24) is 0 Å². The molecular formula is C24H29ClF2. The van der Waals surface area contributed by atoms with Crippen LogP contribution >= 0.6 is 11.6 Å². The Labute approximate surface area is 167 Å². The van der Waals surface area contributed by atoms with Crippen LogP contribution in [0.5, 0.6) is 0 Å². The van der Waals surface area contributed by atoms with Gasteiger partial charge >= 0.3 is 0 Å². The first-order valence-corrected chi connectivity index (χ1v) is 10.4. The van der Waals surface area contributed by atoms with Gasteiger partial charge in [-0.05, 0) is 54.5 Å². The zero-order valence-electron chi connectivity index (χ0n) is 16.1. The van der Waals surface area contributed by atoms with Gasteiger partial charge in [0.05, 0.1) is 0 Å². The van der Waals surface area contributed by atoms with Gasteiger partial charge in [0.2, 0.25) is 0 Å². The Morgan fingerprint density at radius 2 is 1.63 bits per heavy atom. The van der Waals surface area contributed by atoms with Gasteiger partial charge in [0.15, 0.2) is 0 Å². The minimum absolute atomic E-state index is 0.282. The molecule has 146 valence electrons. The summed E-state index contributed by atoms with van der Waals surface area (Å²) in [7, 11) is 0. The van der Waals surface area contributed by atoms with Gasteiger partial charge in [-0.3, -0.25) is 0 Å². The van der Waals surface area contributed by atoms with Gasteiger partial charge < -0.3 is 0 Å². The van der Waals surface area contributed by atoms with Gasteiger partial charge in [0.1, 0.15) is 11.6 Å². The average Bonchev–Trinajstić information content (AvgIpc) is 2.66. The summed E-state index contributed by atoms with van der Waals surface area (Å²) in [5, 5.41) is 0. The molecule has 0 saturated heterocycles. The fraction of sp³-hybridized carbons (Fsp3) is 0.417. The van der Waals surface area contributed by atoms with Gasteiger partial charge in [-0.25, -0.2) is 8.78 Å². The Balaban J connectivity index is 1.97. The molecule has 0 radical (unpaired) electrons. The van der Waals surface area contributed by atoms with E-state index in [1.807, 2.05) is 6.07 Å². The van der Waals surface area contributed by atoms with Crippen molar-refractivity contribution in [3.05, 3.63) is 70.8 Å². The molecule has 0 fully saturated rings. The van der Waals surface area contributed by atoms with Gasteiger partial charge in [0.25, 0.3) is 0 Å². The van der Waals surface area contributed by atoms with Crippen LogP contribution in [0.4, 0.5) is 8.78 Å². The van der Waals surface area contributed by atoms with E-state index in [-0.39, 0.29) is 11.6 Å². The SMILES string of the molecule is CCCCCCCCc1ccc(-c2ccc(CC/C=C/Cl)c(F)c2)c(F)c1. The molecule has 3 heteroatoms. The third-order valence-electron chi connectivity index (χ3n) is 4.89. The summed E-state index contributed by atoms with van der Waals surface area (Å²) >= 11 is 5.49. The van der Waals surface area contributed by atoms with E-state index in [9.17, 15) is 8.78 Å². The highest BCUT2D eigenvalue weighted by Crippen LogP contribution is 2.26. The van der Waals surface area contributed by atoms with Crippen LogP contribution in [0.1, 0.15) is 63.0 Å². The lowest BCUT2D eigenvalue weighted by molar-refractivity contribution is 0.602. The Hall–Kier alpha value is -1.67. The molecule has 0 aliphatic rings. The second-order valence-electron chi connectivity index (χ2n) is 7.04. The summed E-state index contributed by atoms with van der Waals surface area (Å²) in [6.45, 7) is 2.21. The molecule has 0 amide bonds. The molecule has 0 saturated carbocycles. The molecule has 0 nitrogen and oxygen atoms in total. The Morgan fingerprint density at radius 3 is 2.33 bits per heavy atom. The minimum atomic E-state index is -0.300. The fourth-order valence-corrected chi connectivity index (χ4v) is 3.40. The van der Waals surface area contributed by atoms with Crippen LogP contribution in [0.3, 0.4) is 0 Å². The van der Waals surface area contributed by atoms with Crippen LogP contribution in [0, 0.1) is 11.6 Å². The summed E-state index contributed by atoms with van der Waals surface area (Å²) in [6, 6.07) is 10.3. The molecule has 0 heterocycles. The summed E-state index contributed by atoms with van der Waals surface area (Å²) < 4.78 is 28.8. The van der Waals surface area contributed by atoms with Crippen molar-refractivity contribution in [2.75, 3.05) is 0 Å². The maximum atomic E-state index is 14.5. The maximum absolute atomic E-state index is 14.5. The summed E-state index contributed by atoms with van der Waals surface area (Å²) in [5.74, 6) is -0.582. The predicted molar refractivity (Wildman–Crippen MR) is 112 cm³/mol. The predicted octanol–water partition coefficient (Wildman–Crippen LogP) is 8.22. The van der Waals surface area contributed by atoms with Gasteiger partial charge in [-0.15, -0.1) is 0 Å². The number of allylic oxidation sites excluding steroid dienone is 1. The number of rotatable bonds is 11. The van der Waals surface area contributed by atoms with Crippen LogP contribution in [0.2, 0.25) is 0 Å². The van der Waals surface area contributed by atoms with E-state index in [4.69, 9.17) is 11.6 Å². The molecule has 0 aromatic heterocycles. The number of hydrogen-bond donors (Lipinski definition) is 0. The maximum Gasteiger partial charge on any atom is 0.131 e. The lowest BCUT2D eigenvalue weighted by atomic mass is 9.98. The first-order chi connectivity index (χ1) is 13.2. The van der Waals surface area contributed by atoms with Crippen molar-refractivity contribution in [2.45, 2.75) is 64.7 Å².